The monoisotopic (exact) mass is 417 g/mol. The Morgan fingerprint density at radius 1 is 0.793 bits per heavy atom. The second kappa shape index (κ2) is 8.32. The first-order valence-corrected chi connectivity index (χ1v) is 9.45. The molecule has 4 aromatic rings. The Hall–Kier alpha value is -3.39. The van der Waals surface area contributed by atoms with Crippen molar-refractivity contribution in [1.82, 2.24) is 9.97 Å². The molecule has 0 atom stereocenters. The number of rotatable bonds is 4. The molecule has 0 saturated heterocycles. The Labute approximate surface area is 178 Å². The molecule has 2 aromatic carbocycles. The largest absolute Gasteiger partial charge is 0.457 e. The lowest BCUT2D eigenvalue weighted by atomic mass is 10.0. The molecule has 0 aliphatic heterocycles. The van der Waals surface area contributed by atoms with Crippen LogP contribution in [0.3, 0.4) is 0 Å². The van der Waals surface area contributed by atoms with Crippen molar-refractivity contribution < 1.29 is 4.74 Å². The van der Waals surface area contributed by atoms with E-state index in [2.05, 4.69) is 16.0 Å². The fraction of sp³-hybridized carbons (Fsp3) is 0. The summed E-state index contributed by atoms with van der Waals surface area (Å²) in [5, 5.41) is 10.4. The van der Waals surface area contributed by atoms with Gasteiger partial charge < -0.3 is 4.74 Å². The van der Waals surface area contributed by atoms with Gasteiger partial charge in [0.25, 0.3) is 0 Å². The van der Waals surface area contributed by atoms with Crippen LogP contribution < -0.4 is 4.74 Å². The van der Waals surface area contributed by atoms with Gasteiger partial charge in [-0.3, -0.25) is 9.97 Å². The molecule has 2 aromatic heterocycles. The molecular weight excluding hydrogens is 405 g/mol. The van der Waals surface area contributed by atoms with Crippen LogP contribution in [0.5, 0.6) is 11.5 Å². The van der Waals surface area contributed by atoms with Crippen molar-refractivity contribution >= 4 is 23.2 Å². The van der Waals surface area contributed by atoms with E-state index in [1.165, 1.54) is 0 Å². The van der Waals surface area contributed by atoms with Gasteiger partial charge in [-0.2, -0.15) is 5.26 Å². The van der Waals surface area contributed by atoms with Gasteiger partial charge >= 0.3 is 0 Å². The SMILES string of the molecule is N#Cc1cc(-c2nccc(Cl)c2Cl)cnc1-c1ccc(Oc2ccccc2)cc1. The molecule has 4 rings (SSSR count). The van der Waals surface area contributed by atoms with Gasteiger partial charge in [0.05, 0.1) is 27.0 Å². The van der Waals surface area contributed by atoms with Crippen molar-refractivity contribution in [2.75, 3.05) is 0 Å². The van der Waals surface area contributed by atoms with Crippen molar-refractivity contribution in [3.05, 3.63) is 94.7 Å². The second-order valence-electron chi connectivity index (χ2n) is 6.13. The fourth-order valence-electron chi connectivity index (χ4n) is 2.84. The molecule has 0 fully saturated rings. The highest BCUT2D eigenvalue weighted by Crippen LogP contribution is 2.33. The van der Waals surface area contributed by atoms with Gasteiger partial charge in [0.15, 0.2) is 0 Å². The standard InChI is InChI=1S/C23H13Cl2N3O/c24-20-10-11-27-23(21(20)25)17-12-16(13-26)22(28-14-17)15-6-8-19(9-7-15)29-18-4-2-1-3-5-18/h1-12,14H. The van der Waals surface area contributed by atoms with E-state index < -0.39 is 0 Å². The summed E-state index contributed by atoms with van der Waals surface area (Å²) in [6, 6.07) is 22.5. The van der Waals surface area contributed by atoms with E-state index in [9.17, 15) is 5.26 Å². The first kappa shape index (κ1) is 18.9. The topological polar surface area (TPSA) is 58.8 Å². The number of hydrogen-bond donors (Lipinski definition) is 0. The number of ether oxygens (including phenoxy) is 1. The normalized spacial score (nSPS) is 10.4. The average molecular weight is 418 g/mol. The molecule has 4 nitrogen and oxygen atoms in total. The molecule has 0 amide bonds. The third kappa shape index (κ3) is 4.07. The minimum atomic E-state index is 0.329. The van der Waals surface area contributed by atoms with E-state index in [1.54, 1.807) is 24.5 Å². The number of benzene rings is 2. The second-order valence-corrected chi connectivity index (χ2v) is 6.91. The average Bonchev–Trinajstić information content (AvgIpc) is 2.76. The maximum Gasteiger partial charge on any atom is 0.127 e. The van der Waals surface area contributed by atoms with Gasteiger partial charge in [-0.1, -0.05) is 41.4 Å². The van der Waals surface area contributed by atoms with Crippen molar-refractivity contribution in [2.24, 2.45) is 0 Å². The summed E-state index contributed by atoms with van der Waals surface area (Å²) in [5.74, 6) is 1.45. The van der Waals surface area contributed by atoms with Gasteiger partial charge in [0.2, 0.25) is 0 Å². The molecular formula is C23H13Cl2N3O. The van der Waals surface area contributed by atoms with Crippen LogP contribution in [0.2, 0.25) is 10.0 Å². The molecule has 0 aliphatic carbocycles. The number of halogens is 2. The van der Waals surface area contributed by atoms with Gasteiger partial charge in [-0.15, -0.1) is 0 Å². The summed E-state index contributed by atoms with van der Waals surface area (Å²) < 4.78 is 5.81. The third-order valence-corrected chi connectivity index (χ3v) is 5.02. The first-order chi connectivity index (χ1) is 14.2. The Kier molecular flexibility index (Phi) is 5.44. The molecule has 2 heterocycles. The number of nitrogens with zero attached hydrogens (tertiary/aromatic N) is 3. The highest BCUT2D eigenvalue weighted by molar-refractivity contribution is 6.43. The fourth-order valence-corrected chi connectivity index (χ4v) is 3.20. The van der Waals surface area contributed by atoms with Gasteiger partial charge in [-0.25, -0.2) is 0 Å². The summed E-state index contributed by atoms with van der Waals surface area (Å²) in [6.07, 6.45) is 3.20. The van der Waals surface area contributed by atoms with E-state index in [0.29, 0.717) is 38.3 Å². The van der Waals surface area contributed by atoms with E-state index in [-0.39, 0.29) is 0 Å². The van der Waals surface area contributed by atoms with Crippen LogP contribution >= 0.6 is 23.2 Å². The van der Waals surface area contributed by atoms with Crippen molar-refractivity contribution in [1.29, 1.82) is 5.26 Å². The summed E-state index contributed by atoms with van der Waals surface area (Å²) in [6.45, 7) is 0. The lowest BCUT2D eigenvalue weighted by Crippen LogP contribution is -1.93. The van der Waals surface area contributed by atoms with Crippen LogP contribution in [0.15, 0.2) is 79.1 Å². The van der Waals surface area contributed by atoms with Crippen LogP contribution in [-0.4, -0.2) is 9.97 Å². The molecule has 0 N–H and O–H groups in total. The van der Waals surface area contributed by atoms with E-state index in [4.69, 9.17) is 27.9 Å². The van der Waals surface area contributed by atoms with Gasteiger partial charge in [-0.05, 0) is 48.5 Å². The summed E-state index contributed by atoms with van der Waals surface area (Å²) in [4.78, 5) is 8.73. The smallest absolute Gasteiger partial charge is 0.127 e. The first-order valence-electron chi connectivity index (χ1n) is 8.69. The lowest BCUT2D eigenvalue weighted by molar-refractivity contribution is 0.483. The Balaban J connectivity index is 1.65. The van der Waals surface area contributed by atoms with Gasteiger partial charge in [0, 0.05) is 23.5 Å². The molecule has 0 radical (unpaired) electrons. The Morgan fingerprint density at radius 3 is 2.24 bits per heavy atom. The lowest BCUT2D eigenvalue weighted by Gasteiger charge is -2.09. The molecule has 0 aliphatic rings. The predicted molar refractivity (Wildman–Crippen MR) is 114 cm³/mol. The Bertz CT molecular complexity index is 1200. The molecule has 6 heteroatoms. The predicted octanol–water partition coefficient (Wildman–Crippen LogP) is 6.78. The number of aromatic nitrogens is 2. The molecule has 29 heavy (non-hydrogen) atoms. The van der Waals surface area contributed by atoms with Crippen LogP contribution in [0.25, 0.3) is 22.5 Å². The van der Waals surface area contributed by atoms with Crippen LogP contribution in [0, 0.1) is 11.3 Å². The highest BCUT2D eigenvalue weighted by Gasteiger charge is 2.13. The van der Waals surface area contributed by atoms with Crippen LogP contribution in [-0.2, 0) is 0 Å². The summed E-state index contributed by atoms with van der Waals surface area (Å²) in [7, 11) is 0. The number of hydrogen-bond acceptors (Lipinski definition) is 4. The number of nitriles is 1. The molecule has 140 valence electrons. The molecule has 0 bridgehead atoms. The zero-order valence-corrected chi connectivity index (χ0v) is 16.5. The van der Waals surface area contributed by atoms with E-state index in [1.807, 2.05) is 54.6 Å². The van der Waals surface area contributed by atoms with Crippen LogP contribution in [0.1, 0.15) is 5.56 Å². The van der Waals surface area contributed by atoms with Crippen molar-refractivity contribution in [2.45, 2.75) is 0 Å². The number of para-hydroxylation sites is 1. The molecule has 0 saturated carbocycles. The minimum absolute atomic E-state index is 0.329. The maximum absolute atomic E-state index is 9.63. The van der Waals surface area contributed by atoms with Crippen LogP contribution in [0.4, 0.5) is 0 Å². The van der Waals surface area contributed by atoms with E-state index in [0.717, 1.165) is 11.3 Å². The molecule has 0 spiro atoms. The van der Waals surface area contributed by atoms with Crippen molar-refractivity contribution in [3.8, 4) is 40.1 Å². The molecule has 0 unspecified atom stereocenters. The highest BCUT2D eigenvalue weighted by atomic mass is 35.5. The van der Waals surface area contributed by atoms with E-state index >= 15 is 0 Å². The minimum Gasteiger partial charge on any atom is -0.457 e. The van der Waals surface area contributed by atoms with Gasteiger partial charge in [0.1, 0.15) is 17.6 Å². The number of pyridine rings is 2. The Morgan fingerprint density at radius 2 is 1.52 bits per heavy atom. The zero-order chi connectivity index (χ0) is 20.2. The summed E-state index contributed by atoms with van der Waals surface area (Å²) in [5.41, 5.74) is 2.90. The quantitative estimate of drug-likeness (QED) is 0.367. The zero-order valence-electron chi connectivity index (χ0n) is 15.0. The maximum atomic E-state index is 9.63. The summed E-state index contributed by atoms with van der Waals surface area (Å²) >= 11 is 12.3. The third-order valence-electron chi connectivity index (χ3n) is 4.23. The van der Waals surface area contributed by atoms with Crippen molar-refractivity contribution in [3.63, 3.8) is 0 Å².